The van der Waals surface area contributed by atoms with Gasteiger partial charge in [0.15, 0.2) is 0 Å². The van der Waals surface area contributed by atoms with E-state index >= 15 is 0 Å². The molecule has 0 N–H and O–H groups in total. The Morgan fingerprint density at radius 3 is 2.73 bits per heavy atom. The van der Waals surface area contributed by atoms with Crippen molar-refractivity contribution < 1.29 is 9.18 Å². The highest BCUT2D eigenvalue weighted by molar-refractivity contribution is 5.83. The zero-order valence-corrected chi connectivity index (χ0v) is 7.80. The van der Waals surface area contributed by atoms with E-state index in [0.717, 1.165) is 5.56 Å². The first-order valence-corrected chi connectivity index (χ1v) is 4.57. The van der Waals surface area contributed by atoms with Gasteiger partial charge in [0.2, 0.25) is 5.91 Å². The summed E-state index contributed by atoms with van der Waals surface area (Å²) in [5, 5.41) is 3.05. The Balaban J connectivity index is 2.08. The summed E-state index contributed by atoms with van der Waals surface area (Å²) in [5.41, 5.74) is 9.01. The average molecular weight is 205 g/mol. The fraction of sp³-hybridized carbons (Fsp3) is 0.300. The standard InChI is InChI=1S/C10H8FN3O/c11-7-3-1-6(2-4-7)8-5-9(8)10(15)13-14-12/h1-4,8-9H,5H2/t8-,9+/m1/s1. The molecule has 76 valence electrons. The van der Waals surface area contributed by atoms with Gasteiger partial charge in [0.05, 0.1) is 0 Å². The van der Waals surface area contributed by atoms with Crippen LogP contribution in [0.3, 0.4) is 0 Å². The van der Waals surface area contributed by atoms with Gasteiger partial charge in [-0.2, -0.15) is 0 Å². The van der Waals surface area contributed by atoms with Crippen LogP contribution in [-0.4, -0.2) is 5.91 Å². The van der Waals surface area contributed by atoms with Crippen molar-refractivity contribution >= 4 is 5.91 Å². The van der Waals surface area contributed by atoms with Crippen LogP contribution in [0.2, 0.25) is 0 Å². The quantitative estimate of drug-likeness (QED) is 0.416. The van der Waals surface area contributed by atoms with E-state index < -0.39 is 5.91 Å². The van der Waals surface area contributed by atoms with Crippen molar-refractivity contribution in [1.82, 2.24) is 0 Å². The highest BCUT2D eigenvalue weighted by Crippen LogP contribution is 2.48. The van der Waals surface area contributed by atoms with Crippen LogP contribution in [0.15, 0.2) is 29.4 Å². The number of carbonyl (C=O) groups is 1. The third-order valence-electron chi connectivity index (χ3n) is 2.55. The zero-order valence-electron chi connectivity index (χ0n) is 7.80. The van der Waals surface area contributed by atoms with Crippen LogP contribution < -0.4 is 0 Å². The predicted molar refractivity (Wildman–Crippen MR) is 51.4 cm³/mol. The molecule has 0 unspecified atom stereocenters. The van der Waals surface area contributed by atoms with Crippen molar-refractivity contribution in [2.75, 3.05) is 0 Å². The van der Waals surface area contributed by atoms with E-state index in [0.29, 0.717) is 6.42 Å². The topological polar surface area (TPSA) is 65.8 Å². The Morgan fingerprint density at radius 2 is 2.13 bits per heavy atom. The van der Waals surface area contributed by atoms with Crippen molar-refractivity contribution in [1.29, 1.82) is 0 Å². The second-order valence-corrected chi connectivity index (χ2v) is 3.53. The third kappa shape index (κ3) is 1.97. The predicted octanol–water partition coefficient (Wildman–Crippen LogP) is 2.77. The number of nitrogens with zero attached hydrogens (tertiary/aromatic N) is 3. The largest absolute Gasteiger partial charge is 0.292 e. The normalized spacial score (nSPS) is 23.0. The summed E-state index contributed by atoms with van der Waals surface area (Å²) in [6.07, 6.45) is 0.684. The highest BCUT2D eigenvalue weighted by Gasteiger charge is 2.43. The lowest BCUT2D eigenvalue weighted by atomic mass is 10.1. The van der Waals surface area contributed by atoms with Gasteiger partial charge < -0.3 is 0 Å². The number of hydrogen-bond donors (Lipinski definition) is 0. The zero-order chi connectivity index (χ0) is 10.8. The first-order chi connectivity index (χ1) is 7.22. The molecule has 1 fully saturated rings. The first kappa shape index (κ1) is 9.68. The molecule has 0 radical (unpaired) electrons. The van der Waals surface area contributed by atoms with E-state index in [1.165, 1.54) is 12.1 Å². The molecule has 4 nitrogen and oxygen atoms in total. The van der Waals surface area contributed by atoms with Gasteiger partial charge in [-0.15, -0.1) is 0 Å². The molecule has 1 aromatic carbocycles. The van der Waals surface area contributed by atoms with Crippen LogP contribution >= 0.6 is 0 Å². The molecule has 15 heavy (non-hydrogen) atoms. The molecule has 5 heteroatoms. The minimum atomic E-state index is -0.424. The van der Waals surface area contributed by atoms with Crippen molar-refractivity contribution in [3.8, 4) is 0 Å². The summed E-state index contributed by atoms with van der Waals surface area (Å²) in [5.74, 6) is -0.848. The molecule has 1 aromatic rings. The molecule has 1 amide bonds. The van der Waals surface area contributed by atoms with E-state index in [9.17, 15) is 9.18 Å². The Kier molecular flexibility index (Phi) is 2.39. The average Bonchev–Trinajstić information content (AvgIpc) is 2.99. The van der Waals surface area contributed by atoms with Crippen LogP contribution in [-0.2, 0) is 4.79 Å². The maximum atomic E-state index is 12.6. The van der Waals surface area contributed by atoms with Crippen molar-refractivity contribution in [2.45, 2.75) is 12.3 Å². The molecule has 1 aliphatic rings. The minimum absolute atomic E-state index is 0.0867. The highest BCUT2D eigenvalue weighted by atomic mass is 19.1. The van der Waals surface area contributed by atoms with Gasteiger partial charge in [0.1, 0.15) is 5.82 Å². The molecule has 2 rings (SSSR count). The number of halogens is 1. The summed E-state index contributed by atoms with van der Waals surface area (Å²) in [6.45, 7) is 0. The number of azide groups is 1. The molecule has 1 saturated carbocycles. The monoisotopic (exact) mass is 205 g/mol. The molecular formula is C10H8FN3O. The number of amides is 1. The van der Waals surface area contributed by atoms with Gasteiger partial charge in [0, 0.05) is 10.8 Å². The second kappa shape index (κ2) is 3.71. The van der Waals surface area contributed by atoms with Crippen LogP contribution in [0.25, 0.3) is 10.4 Å². The van der Waals surface area contributed by atoms with Crippen LogP contribution in [0.5, 0.6) is 0 Å². The Bertz CT molecular complexity index is 436. The van der Waals surface area contributed by atoms with E-state index in [1.54, 1.807) is 12.1 Å². The summed E-state index contributed by atoms with van der Waals surface area (Å²) >= 11 is 0. The van der Waals surface area contributed by atoms with Crippen molar-refractivity contribution in [3.63, 3.8) is 0 Å². The Morgan fingerprint density at radius 1 is 1.47 bits per heavy atom. The Labute approximate surface area is 85.3 Å². The van der Waals surface area contributed by atoms with Crippen LogP contribution in [0.1, 0.15) is 17.9 Å². The summed E-state index contributed by atoms with van der Waals surface area (Å²) < 4.78 is 12.6. The first-order valence-electron chi connectivity index (χ1n) is 4.57. The van der Waals surface area contributed by atoms with Crippen LogP contribution in [0.4, 0.5) is 4.39 Å². The maximum absolute atomic E-state index is 12.6. The molecule has 0 aromatic heterocycles. The summed E-state index contributed by atoms with van der Waals surface area (Å²) in [7, 11) is 0. The van der Waals surface area contributed by atoms with E-state index in [2.05, 4.69) is 10.0 Å². The molecule has 2 atom stereocenters. The van der Waals surface area contributed by atoms with Gasteiger partial charge in [0.25, 0.3) is 0 Å². The molecule has 0 aliphatic heterocycles. The smallest absolute Gasteiger partial charge is 0.222 e. The van der Waals surface area contributed by atoms with Crippen molar-refractivity contribution in [3.05, 3.63) is 46.1 Å². The lowest BCUT2D eigenvalue weighted by Gasteiger charge is -1.97. The number of benzene rings is 1. The maximum Gasteiger partial charge on any atom is 0.222 e. The Hall–Kier alpha value is -1.87. The number of carbonyl (C=O) groups excluding carboxylic acids is 1. The minimum Gasteiger partial charge on any atom is -0.292 e. The molecule has 0 heterocycles. The molecule has 0 bridgehead atoms. The lowest BCUT2D eigenvalue weighted by Crippen LogP contribution is -1.96. The van der Waals surface area contributed by atoms with Gasteiger partial charge in [-0.3, -0.25) is 4.79 Å². The number of rotatable bonds is 2. The van der Waals surface area contributed by atoms with Gasteiger partial charge >= 0.3 is 0 Å². The fourth-order valence-electron chi connectivity index (χ4n) is 1.66. The van der Waals surface area contributed by atoms with E-state index in [4.69, 9.17) is 5.53 Å². The van der Waals surface area contributed by atoms with Crippen LogP contribution in [0, 0.1) is 11.7 Å². The molecule has 0 spiro atoms. The second-order valence-electron chi connectivity index (χ2n) is 3.53. The molecular weight excluding hydrogens is 197 g/mol. The number of hydrogen-bond acceptors (Lipinski definition) is 1. The lowest BCUT2D eigenvalue weighted by molar-refractivity contribution is -0.119. The van der Waals surface area contributed by atoms with E-state index in [1.807, 2.05) is 0 Å². The van der Waals surface area contributed by atoms with Gasteiger partial charge in [-0.1, -0.05) is 12.1 Å². The molecule has 1 aliphatic carbocycles. The SMILES string of the molecule is [N-]=[N+]=NC(=O)[C@H]1C[C@@H]1c1ccc(F)cc1. The fourth-order valence-corrected chi connectivity index (χ4v) is 1.66. The van der Waals surface area contributed by atoms with E-state index in [-0.39, 0.29) is 17.7 Å². The molecule has 0 saturated heterocycles. The van der Waals surface area contributed by atoms with Gasteiger partial charge in [-0.25, -0.2) is 4.39 Å². The summed E-state index contributed by atoms with van der Waals surface area (Å²) in [4.78, 5) is 13.6. The third-order valence-corrected chi connectivity index (χ3v) is 2.55. The van der Waals surface area contributed by atoms with Gasteiger partial charge in [-0.05, 0) is 40.7 Å². The van der Waals surface area contributed by atoms with Crippen molar-refractivity contribution in [2.24, 2.45) is 11.0 Å². The summed E-state index contributed by atoms with van der Waals surface area (Å²) in [6, 6.07) is 6.04.